The zero-order valence-electron chi connectivity index (χ0n) is 12.7. The van der Waals surface area contributed by atoms with E-state index in [4.69, 9.17) is 9.84 Å². The van der Waals surface area contributed by atoms with Crippen molar-refractivity contribution in [2.45, 2.75) is 45.2 Å². The molecule has 0 atom stereocenters. The van der Waals surface area contributed by atoms with Gasteiger partial charge < -0.3 is 15.2 Å². The van der Waals surface area contributed by atoms with Crippen molar-refractivity contribution in [1.82, 2.24) is 20.3 Å². The summed E-state index contributed by atoms with van der Waals surface area (Å²) in [5.74, 6) is -0.959. The highest BCUT2D eigenvalue weighted by molar-refractivity contribution is 5.82. The van der Waals surface area contributed by atoms with Crippen LogP contribution in [0.15, 0.2) is 6.20 Å². The number of carbonyl (C=O) groups is 2. The van der Waals surface area contributed by atoms with Crippen LogP contribution in [-0.4, -0.2) is 45.7 Å². The summed E-state index contributed by atoms with van der Waals surface area (Å²) in [5, 5.41) is 19.2. The first-order valence-corrected chi connectivity index (χ1v) is 7.44. The van der Waals surface area contributed by atoms with Gasteiger partial charge in [-0.1, -0.05) is 18.1 Å². The fraction of sp³-hybridized carbons (Fsp3) is 0.714. The molecule has 22 heavy (non-hydrogen) atoms. The maximum absolute atomic E-state index is 12.5. The fourth-order valence-corrected chi connectivity index (χ4v) is 2.93. The first-order valence-electron chi connectivity index (χ1n) is 7.44. The number of rotatable bonds is 8. The van der Waals surface area contributed by atoms with Gasteiger partial charge in [-0.15, -0.1) is 5.10 Å². The van der Waals surface area contributed by atoms with Crippen LogP contribution in [0.1, 0.15) is 37.8 Å². The van der Waals surface area contributed by atoms with Gasteiger partial charge in [0.15, 0.2) is 0 Å². The normalized spacial score (nSPS) is 16.6. The number of hydrogen-bond acceptors (Lipinski definition) is 5. The summed E-state index contributed by atoms with van der Waals surface area (Å²) in [7, 11) is 1.64. The molecule has 1 aliphatic rings. The second-order valence-electron chi connectivity index (χ2n) is 5.71. The van der Waals surface area contributed by atoms with Crippen LogP contribution in [0.2, 0.25) is 0 Å². The van der Waals surface area contributed by atoms with E-state index in [2.05, 4.69) is 15.6 Å². The van der Waals surface area contributed by atoms with Crippen LogP contribution in [0.25, 0.3) is 0 Å². The highest BCUT2D eigenvalue weighted by Crippen LogP contribution is 2.41. The van der Waals surface area contributed by atoms with Crippen molar-refractivity contribution < 1.29 is 19.4 Å². The van der Waals surface area contributed by atoms with Crippen molar-refractivity contribution in [3.8, 4) is 0 Å². The largest absolute Gasteiger partial charge is 0.480 e. The molecule has 1 aromatic heterocycles. The van der Waals surface area contributed by atoms with Gasteiger partial charge in [0.25, 0.3) is 0 Å². The average Bonchev–Trinajstić information content (AvgIpc) is 3.12. The van der Waals surface area contributed by atoms with E-state index in [-0.39, 0.29) is 24.4 Å². The molecule has 122 valence electrons. The molecule has 1 fully saturated rings. The minimum Gasteiger partial charge on any atom is -0.480 e. The highest BCUT2D eigenvalue weighted by Gasteiger charge is 2.40. The summed E-state index contributed by atoms with van der Waals surface area (Å²) in [5.41, 5.74) is 0.210. The molecule has 0 radical (unpaired) electrons. The maximum atomic E-state index is 12.5. The lowest BCUT2D eigenvalue weighted by atomic mass is 9.82. The Morgan fingerprint density at radius 1 is 1.45 bits per heavy atom. The van der Waals surface area contributed by atoms with Crippen molar-refractivity contribution in [1.29, 1.82) is 0 Å². The van der Waals surface area contributed by atoms with Gasteiger partial charge in [-0.25, -0.2) is 4.68 Å². The van der Waals surface area contributed by atoms with E-state index in [0.29, 0.717) is 12.3 Å². The van der Waals surface area contributed by atoms with Crippen LogP contribution in [0.5, 0.6) is 0 Å². The first-order chi connectivity index (χ1) is 10.6. The van der Waals surface area contributed by atoms with Gasteiger partial charge in [-0.2, -0.15) is 0 Å². The van der Waals surface area contributed by atoms with Crippen molar-refractivity contribution in [2.75, 3.05) is 13.7 Å². The Labute approximate surface area is 128 Å². The summed E-state index contributed by atoms with van der Waals surface area (Å²) >= 11 is 0. The van der Waals surface area contributed by atoms with E-state index in [1.807, 2.05) is 0 Å². The molecule has 2 rings (SSSR count). The Bertz CT molecular complexity index is 523. The highest BCUT2D eigenvalue weighted by atomic mass is 16.5. The average molecular weight is 310 g/mol. The van der Waals surface area contributed by atoms with E-state index >= 15 is 0 Å². The van der Waals surface area contributed by atoms with E-state index < -0.39 is 5.97 Å². The number of amides is 1. The van der Waals surface area contributed by atoms with Gasteiger partial charge in [0, 0.05) is 13.7 Å². The Kier molecular flexibility index (Phi) is 5.48. The summed E-state index contributed by atoms with van der Waals surface area (Å²) in [6.07, 6.45) is 6.14. The Morgan fingerprint density at radius 2 is 2.18 bits per heavy atom. The van der Waals surface area contributed by atoms with Crippen LogP contribution in [-0.2, 0) is 27.4 Å². The smallest absolute Gasteiger partial charge is 0.325 e. The monoisotopic (exact) mass is 310 g/mol. The van der Waals surface area contributed by atoms with E-state index in [1.54, 1.807) is 7.11 Å². The van der Waals surface area contributed by atoms with Gasteiger partial charge in [0.05, 0.1) is 18.2 Å². The molecular formula is C14H22N4O4. The van der Waals surface area contributed by atoms with Crippen LogP contribution in [0.4, 0.5) is 0 Å². The number of carboxylic acid groups (broad SMARTS) is 1. The predicted octanol–water partition coefficient (Wildman–Crippen LogP) is 0.576. The molecule has 0 unspecified atom stereocenters. The second kappa shape index (κ2) is 7.35. The molecule has 0 saturated heterocycles. The molecule has 8 heteroatoms. The molecule has 0 spiro atoms. The standard InChI is InChI=1S/C14H22N4O4/c1-22-7-6-14(4-2-3-5-14)13(21)15-8-11-9-18(17-16-11)10-12(19)20/h9H,2-8,10H2,1H3,(H,15,21)(H,19,20). The van der Waals surface area contributed by atoms with Gasteiger partial charge in [-0.3, -0.25) is 9.59 Å². The van der Waals surface area contributed by atoms with Gasteiger partial charge in [0.2, 0.25) is 5.91 Å². The zero-order chi connectivity index (χ0) is 16.0. The van der Waals surface area contributed by atoms with Crippen LogP contribution in [0, 0.1) is 5.41 Å². The molecular weight excluding hydrogens is 288 g/mol. The lowest BCUT2D eigenvalue weighted by molar-refractivity contribution is -0.138. The maximum Gasteiger partial charge on any atom is 0.325 e. The lowest BCUT2D eigenvalue weighted by Gasteiger charge is -2.27. The van der Waals surface area contributed by atoms with Crippen molar-refractivity contribution >= 4 is 11.9 Å². The molecule has 1 aliphatic carbocycles. The Hall–Kier alpha value is -1.96. The fourth-order valence-electron chi connectivity index (χ4n) is 2.93. The number of aliphatic carboxylic acids is 1. The molecule has 1 aromatic rings. The molecule has 0 aromatic carbocycles. The number of hydrogen-bond donors (Lipinski definition) is 2. The zero-order valence-corrected chi connectivity index (χ0v) is 12.7. The number of methoxy groups -OCH3 is 1. The molecule has 1 saturated carbocycles. The van der Waals surface area contributed by atoms with Crippen LogP contribution < -0.4 is 5.32 Å². The quantitative estimate of drug-likeness (QED) is 0.727. The molecule has 8 nitrogen and oxygen atoms in total. The van der Waals surface area contributed by atoms with E-state index in [9.17, 15) is 9.59 Å². The number of nitrogens with zero attached hydrogens (tertiary/aromatic N) is 3. The van der Waals surface area contributed by atoms with Crippen LogP contribution in [0.3, 0.4) is 0 Å². The number of aromatic nitrogens is 3. The molecule has 1 heterocycles. The topological polar surface area (TPSA) is 106 Å². The third-order valence-corrected chi connectivity index (χ3v) is 4.14. The van der Waals surface area contributed by atoms with E-state index in [0.717, 1.165) is 32.1 Å². The number of carboxylic acids is 1. The SMILES string of the molecule is COCCC1(C(=O)NCc2cn(CC(=O)O)nn2)CCCC1. The summed E-state index contributed by atoms with van der Waals surface area (Å²) in [6.45, 7) is 0.591. The third kappa shape index (κ3) is 4.03. The van der Waals surface area contributed by atoms with Crippen molar-refractivity contribution in [3.63, 3.8) is 0 Å². The minimum absolute atomic E-state index is 0.0230. The number of nitrogens with one attached hydrogen (secondary N) is 1. The predicted molar refractivity (Wildman–Crippen MR) is 76.9 cm³/mol. The summed E-state index contributed by atoms with van der Waals surface area (Å²) in [4.78, 5) is 23.1. The van der Waals surface area contributed by atoms with Crippen molar-refractivity contribution in [3.05, 3.63) is 11.9 Å². The second-order valence-corrected chi connectivity index (χ2v) is 5.71. The third-order valence-electron chi connectivity index (χ3n) is 4.14. The molecule has 2 N–H and O–H groups in total. The van der Waals surface area contributed by atoms with Gasteiger partial charge in [0.1, 0.15) is 12.2 Å². The summed E-state index contributed by atoms with van der Waals surface area (Å²) < 4.78 is 6.36. The minimum atomic E-state index is -0.982. The Balaban J connectivity index is 1.90. The summed E-state index contributed by atoms with van der Waals surface area (Å²) in [6, 6.07) is 0. The number of carbonyl (C=O) groups excluding carboxylic acids is 1. The van der Waals surface area contributed by atoms with Crippen LogP contribution >= 0.6 is 0 Å². The molecule has 0 bridgehead atoms. The Morgan fingerprint density at radius 3 is 2.82 bits per heavy atom. The number of ether oxygens (including phenoxy) is 1. The first kappa shape index (κ1) is 16.4. The van der Waals surface area contributed by atoms with E-state index in [1.165, 1.54) is 10.9 Å². The van der Waals surface area contributed by atoms with Gasteiger partial charge >= 0.3 is 5.97 Å². The van der Waals surface area contributed by atoms with Crippen molar-refractivity contribution in [2.24, 2.45) is 5.41 Å². The van der Waals surface area contributed by atoms with Gasteiger partial charge in [-0.05, 0) is 19.3 Å². The molecule has 1 amide bonds. The molecule has 0 aliphatic heterocycles. The lowest BCUT2D eigenvalue weighted by Crippen LogP contribution is -2.39.